The summed E-state index contributed by atoms with van der Waals surface area (Å²) in [6.45, 7) is 1.26. The molecule has 1 unspecified atom stereocenters. The Hall–Kier alpha value is -3.12. The van der Waals surface area contributed by atoms with Crippen LogP contribution >= 0.6 is 0 Å². The van der Waals surface area contributed by atoms with Gasteiger partial charge in [0.25, 0.3) is 5.91 Å². The highest BCUT2D eigenvalue weighted by Gasteiger charge is 2.30. The molecule has 0 saturated carbocycles. The number of nitrogens with one attached hydrogen (secondary N) is 1. The summed E-state index contributed by atoms with van der Waals surface area (Å²) in [6, 6.07) is 7.36. The van der Waals surface area contributed by atoms with Gasteiger partial charge in [0.15, 0.2) is 6.10 Å². The van der Waals surface area contributed by atoms with E-state index in [4.69, 9.17) is 9.47 Å². The lowest BCUT2D eigenvalue weighted by Crippen LogP contribution is -2.30. The van der Waals surface area contributed by atoms with E-state index in [9.17, 15) is 31.2 Å². The smallest absolute Gasteiger partial charge is 0.416 e. The fourth-order valence-electron chi connectivity index (χ4n) is 2.47. The number of ether oxygens (including phenoxy) is 2. The Kier molecular flexibility index (Phi) is 7.52. The fourth-order valence-corrected chi connectivity index (χ4v) is 3.55. The van der Waals surface area contributed by atoms with Crippen molar-refractivity contribution in [3.63, 3.8) is 0 Å². The summed E-state index contributed by atoms with van der Waals surface area (Å²) in [5, 5.41) is 2.34. The van der Waals surface area contributed by atoms with E-state index < -0.39 is 39.7 Å². The van der Waals surface area contributed by atoms with Crippen molar-refractivity contribution in [2.24, 2.45) is 0 Å². The fraction of sp³-hybridized carbons (Fsp3) is 0.300. The summed E-state index contributed by atoms with van der Waals surface area (Å²) in [7, 11) is -0.0347. The Morgan fingerprint density at radius 2 is 1.66 bits per heavy atom. The van der Waals surface area contributed by atoms with E-state index >= 15 is 0 Å². The predicted octanol–water partition coefficient (Wildman–Crippen LogP) is 3.15. The van der Waals surface area contributed by atoms with Crippen LogP contribution < -0.4 is 10.1 Å². The van der Waals surface area contributed by atoms with Crippen LogP contribution in [0.4, 0.5) is 18.9 Å². The second kappa shape index (κ2) is 9.57. The second-order valence-corrected chi connectivity index (χ2v) is 8.89. The number of alkyl halides is 3. The van der Waals surface area contributed by atoms with Crippen molar-refractivity contribution < 1.29 is 40.7 Å². The molecule has 0 radical (unpaired) electrons. The maximum atomic E-state index is 12.6. The summed E-state index contributed by atoms with van der Waals surface area (Å²) in [4.78, 5) is 24.4. The van der Waals surface area contributed by atoms with Crippen LogP contribution in [0.2, 0.25) is 0 Å². The lowest BCUT2D eigenvalue weighted by molar-refractivity contribution is -0.137. The van der Waals surface area contributed by atoms with Gasteiger partial charge in [-0.2, -0.15) is 13.2 Å². The molecule has 32 heavy (non-hydrogen) atoms. The van der Waals surface area contributed by atoms with E-state index in [1.807, 2.05) is 0 Å². The molecule has 2 aromatic rings. The number of rotatable bonds is 7. The van der Waals surface area contributed by atoms with Crippen LogP contribution in [-0.4, -0.2) is 51.9 Å². The molecule has 0 aromatic heterocycles. The van der Waals surface area contributed by atoms with Crippen molar-refractivity contribution in [2.75, 3.05) is 26.5 Å². The average molecular weight is 474 g/mol. The van der Waals surface area contributed by atoms with Gasteiger partial charge in [-0.05, 0) is 49.4 Å². The zero-order valence-corrected chi connectivity index (χ0v) is 18.4. The molecule has 0 aliphatic carbocycles. The van der Waals surface area contributed by atoms with Crippen LogP contribution in [0, 0.1) is 0 Å². The molecule has 174 valence electrons. The summed E-state index contributed by atoms with van der Waals surface area (Å²) in [6.07, 6.45) is -5.83. The van der Waals surface area contributed by atoms with Crippen LogP contribution in [0.25, 0.3) is 0 Å². The number of amides is 1. The summed E-state index contributed by atoms with van der Waals surface area (Å²) in [5.41, 5.74) is -0.937. The molecule has 2 aromatic carbocycles. The molecule has 2 rings (SSSR count). The SMILES string of the molecule is COc1ccc(C(=O)OC(C)C(=O)Nc2ccc(C(F)(F)F)cc2)cc1S(=O)(=O)N(C)C. The highest BCUT2D eigenvalue weighted by Crippen LogP contribution is 2.30. The monoisotopic (exact) mass is 474 g/mol. The number of benzene rings is 2. The lowest BCUT2D eigenvalue weighted by Gasteiger charge is -2.17. The number of nitrogens with zero attached hydrogens (tertiary/aromatic N) is 1. The first-order chi connectivity index (χ1) is 14.8. The second-order valence-electron chi connectivity index (χ2n) is 6.76. The molecule has 0 saturated heterocycles. The third-order valence-electron chi connectivity index (χ3n) is 4.29. The highest BCUT2D eigenvalue weighted by atomic mass is 32.2. The van der Waals surface area contributed by atoms with E-state index in [0.29, 0.717) is 0 Å². The Labute approximate surface area is 183 Å². The summed E-state index contributed by atoms with van der Waals surface area (Å²) in [5.74, 6) is -1.74. The van der Waals surface area contributed by atoms with Gasteiger partial charge < -0.3 is 14.8 Å². The molecule has 0 heterocycles. The zero-order valence-electron chi connectivity index (χ0n) is 17.6. The van der Waals surface area contributed by atoms with Gasteiger partial charge in [0.2, 0.25) is 10.0 Å². The van der Waals surface area contributed by atoms with Gasteiger partial charge in [0.05, 0.1) is 18.2 Å². The molecule has 0 aliphatic rings. The molecule has 0 aliphatic heterocycles. The van der Waals surface area contributed by atoms with E-state index in [1.165, 1.54) is 40.3 Å². The first-order valence-electron chi connectivity index (χ1n) is 9.07. The molecule has 1 atom stereocenters. The van der Waals surface area contributed by atoms with Crippen molar-refractivity contribution in [2.45, 2.75) is 24.1 Å². The third kappa shape index (κ3) is 5.77. The van der Waals surface area contributed by atoms with Crippen LogP contribution in [0.5, 0.6) is 5.75 Å². The van der Waals surface area contributed by atoms with Crippen molar-refractivity contribution >= 4 is 27.6 Å². The Balaban J connectivity index is 2.14. The largest absolute Gasteiger partial charge is 0.495 e. The number of anilines is 1. The van der Waals surface area contributed by atoms with Gasteiger partial charge in [-0.3, -0.25) is 4.79 Å². The van der Waals surface area contributed by atoms with Crippen molar-refractivity contribution in [3.05, 3.63) is 53.6 Å². The third-order valence-corrected chi connectivity index (χ3v) is 6.13. The number of hydrogen-bond donors (Lipinski definition) is 1. The van der Waals surface area contributed by atoms with Gasteiger partial charge in [0.1, 0.15) is 10.6 Å². The highest BCUT2D eigenvalue weighted by molar-refractivity contribution is 7.89. The standard InChI is InChI=1S/C20H21F3N2O6S/c1-12(18(26)24-15-8-6-14(7-9-15)20(21,22)23)31-19(27)13-5-10-16(30-4)17(11-13)32(28,29)25(2)3/h5-12H,1-4H3,(H,24,26). The van der Waals surface area contributed by atoms with E-state index in [-0.39, 0.29) is 21.9 Å². The van der Waals surface area contributed by atoms with Gasteiger partial charge in [-0.25, -0.2) is 17.5 Å². The number of carbonyl (C=O) groups is 2. The first-order valence-corrected chi connectivity index (χ1v) is 10.5. The van der Waals surface area contributed by atoms with Gasteiger partial charge in [-0.1, -0.05) is 0 Å². The van der Waals surface area contributed by atoms with Gasteiger partial charge in [-0.15, -0.1) is 0 Å². The topological polar surface area (TPSA) is 102 Å². The Morgan fingerprint density at radius 1 is 1.06 bits per heavy atom. The minimum absolute atomic E-state index is 0.0170. The lowest BCUT2D eigenvalue weighted by atomic mass is 10.2. The molecular weight excluding hydrogens is 453 g/mol. The average Bonchev–Trinajstić information content (AvgIpc) is 2.72. The maximum absolute atomic E-state index is 12.6. The molecule has 8 nitrogen and oxygen atoms in total. The molecule has 1 N–H and O–H groups in total. The number of methoxy groups -OCH3 is 1. The van der Waals surface area contributed by atoms with Crippen molar-refractivity contribution in [1.29, 1.82) is 0 Å². The van der Waals surface area contributed by atoms with Crippen LogP contribution in [0.1, 0.15) is 22.8 Å². The van der Waals surface area contributed by atoms with Crippen LogP contribution in [0.3, 0.4) is 0 Å². The van der Waals surface area contributed by atoms with Crippen LogP contribution in [-0.2, 0) is 25.7 Å². The normalized spacial score (nSPS) is 12.9. The number of carbonyl (C=O) groups excluding carboxylic acids is 2. The van der Waals surface area contributed by atoms with E-state index in [2.05, 4.69) is 5.32 Å². The van der Waals surface area contributed by atoms with Gasteiger partial charge in [0, 0.05) is 19.8 Å². The van der Waals surface area contributed by atoms with E-state index in [1.54, 1.807) is 0 Å². The summed E-state index contributed by atoms with van der Waals surface area (Å²) >= 11 is 0. The molecule has 0 spiro atoms. The Morgan fingerprint density at radius 3 is 2.16 bits per heavy atom. The molecule has 1 amide bonds. The zero-order chi connectivity index (χ0) is 24.3. The minimum Gasteiger partial charge on any atom is -0.495 e. The predicted molar refractivity (Wildman–Crippen MR) is 109 cm³/mol. The van der Waals surface area contributed by atoms with Crippen LogP contribution in [0.15, 0.2) is 47.4 Å². The van der Waals surface area contributed by atoms with Crippen molar-refractivity contribution in [1.82, 2.24) is 4.31 Å². The first kappa shape index (κ1) is 25.1. The minimum atomic E-state index is -4.51. The molecular formula is C20H21F3N2O6S. The maximum Gasteiger partial charge on any atom is 0.416 e. The molecule has 0 fully saturated rings. The number of esters is 1. The quantitative estimate of drug-likeness (QED) is 0.619. The number of halogens is 3. The number of hydrogen-bond acceptors (Lipinski definition) is 6. The number of sulfonamides is 1. The Bertz CT molecular complexity index is 1100. The van der Waals surface area contributed by atoms with E-state index in [0.717, 1.165) is 34.6 Å². The van der Waals surface area contributed by atoms with Gasteiger partial charge >= 0.3 is 12.1 Å². The van der Waals surface area contributed by atoms with Crippen molar-refractivity contribution in [3.8, 4) is 5.75 Å². The summed E-state index contributed by atoms with van der Waals surface area (Å²) < 4.78 is 73.8. The molecule has 12 heteroatoms. The molecule has 0 bridgehead atoms.